The summed E-state index contributed by atoms with van der Waals surface area (Å²) < 4.78 is 25.7. The van der Waals surface area contributed by atoms with Crippen molar-refractivity contribution in [3.05, 3.63) is 59.4 Å². The summed E-state index contributed by atoms with van der Waals surface area (Å²) in [6.45, 7) is 2.27. The number of carbonyl (C=O) groups is 1. The van der Waals surface area contributed by atoms with Gasteiger partial charge in [-0.15, -0.1) is 0 Å². The molecule has 0 aromatic heterocycles. The number of hydrogen-bond acceptors (Lipinski definition) is 5. The van der Waals surface area contributed by atoms with Gasteiger partial charge in [-0.2, -0.15) is 0 Å². The molecule has 2 atom stereocenters. The van der Waals surface area contributed by atoms with Gasteiger partial charge in [0.1, 0.15) is 17.3 Å². The quantitative estimate of drug-likeness (QED) is 0.777. The van der Waals surface area contributed by atoms with Crippen LogP contribution in [0.25, 0.3) is 0 Å². The molecule has 4 rings (SSSR count). The van der Waals surface area contributed by atoms with Crippen LogP contribution in [0.1, 0.15) is 15.9 Å². The summed E-state index contributed by atoms with van der Waals surface area (Å²) in [5.74, 6) is 0.0789. The summed E-state index contributed by atoms with van der Waals surface area (Å²) in [6.07, 6.45) is 0.784. The summed E-state index contributed by atoms with van der Waals surface area (Å²) >= 11 is 0. The molecule has 0 saturated carbocycles. The van der Waals surface area contributed by atoms with Gasteiger partial charge in [-0.25, -0.2) is 4.39 Å². The topological polar surface area (TPSA) is 85.0 Å². The molecule has 29 heavy (non-hydrogen) atoms. The van der Waals surface area contributed by atoms with Crippen LogP contribution >= 0.6 is 0 Å². The van der Waals surface area contributed by atoms with Gasteiger partial charge in [0.2, 0.25) is 0 Å². The third-order valence-electron chi connectivity index (χ3n) is 5.88. The molecule has 0 unspecified atom stereocenters. The van der Waals surface area contributed by atoms with Gasteiger partial charge in [0.25, 0.3) is 5.91 Å². The van der Waals surface area contributed by atoms with Crippen LogP contribution in [0, 0.1) is 17.2 Å². The molecule has 2 heterocycles. The number of halogens is 1. The molecular weight excluding hydrogens is 375 g/mol. The van der Waals surface area contributed by atoms with Crippen LogP contribution < -0.4 is 10.5 Å². The summed E-state index contributed by atoms with van der Waals surface area (Å²) in [5.41, 5.74) is 6.19. The second-order valence-electron chi connectivity index (χ2n) is 7.84. The largest absolute Gasteiger partial charge is 0.457 e. The number of carbonyl (C=O) groups excluding carboxylic acids is 1. The molecule has 0 bridgehead atoms. The first-order valence-corrected chi connectivity index (χ1v) is 9.79. The van der Waals surface area contributed by atoms with Gasteiger partial charge in [-0.1, -0.05) is 12.1 Å². The molecular formula is C22H25FN2O4. The number of likely N-dealkylation sites (tertiary alicyclic amines) is 1. The Kier molecular flexibility index (Phi) is 5.54. The highest BCUT2D eigenvalue weighted by Gasteiger charge is 2.51. The molecule has 0 radical (unpaired) electrons. The van der Waals surface area contributed by atoms with Gasteiger partial charge in [0.05, 0.1) is 25.4 Å². The lowest BCUT2D eigenvalue weighted by Crippen LogP contribution is -2.36. The van der Waals surface area contributed by atoms with E-state index in [9.17, 15) is 14.3 Å². The number of hydrogen-bond donors (Lipinski definition) is 2. The van der Waals surface area contributed by atoms with Gasteiger partial charge in [-0.3, -0.25) is 4.79 Å². The van der Waals surface area contributed by atoms with Gasteiger partial charge < -0.3 is 25.2 Å². The minimum Gasteiger partial charge on any atom is -0.457 e. The van der Waals surface area contributed by atoms with E-state index in [1.165, 1.54) is 18.2 Å². The first kappa shape index (κ1) is 19.8. The Balaban J connectivity index is 1.50. The van der Waals surface area contributed by atoms with E-state index in [-0.39, 0.29) is 18.1 Å². The molecule has 3 N–H and O–H groups in total. The number of benzene rings is 2. The van der Waals surface area contributed by atoms with Crippen LogP contribution in [0.5, 0.6) is 11.5 Å². The zero-order valence-corrected chi connectivity index (χ0v) is 16.1. The highest BCUT2D eigenvalue weighted by molar-refractivity contribution is 5.95. The highest BCUT2D eigenvalue weighted by Crippen LogP contribution is 2.41. The number of aliphatic hydroxyl groups is 1. The van der Waals surface area contributed by atoms with Crippen LogP contribution in [0.3, 0.4) is 0 Å². The molecule has 2 saturated heterocycles. The molecule has 7 heteroatoms. The van der Waals surface area contributed by atoms with Gasteiger partial charge in [0.15, 0.2) is 0 Å². The highest BCUT2D eigenvalue weighted by atomic mass is 19.1. The second kappa shape index (κ2) is 8.10. The van der Waals surface area contributed by atoms with Crippen molar-refractivity contribution in [3.8, 4) is 11.5 Å². The standard InChI is InChI=1S/C22H25FN2O4/c23-20-6-5-18(29-17-3-1-15(2-4-17)7-8-24)9-19(20)21(27)25-10-16-11-28-14-22(16,12-25)13-26/h1-6,9,16,26H,7-8,10-14,24H2/t16-,22-/m0/s1. The number of nitrogens with two attached hydrogens (primary N) is 1. The van der Waals surface area contributed by atoms with Crippen molar-refractivity contribution in [2.45, 2.75) is 6.42 Å². The van der Waals surface area contributed by atoms with Crippen LogP contribution in [0.15, 0.2) is 42.5 Å². The molecule has 154 valence electrons. The number of ether oxygens (including phenoxy) is 2. The molecule has 0 spiro atoms. The first-order valence-electron chi connectivity index (χ1n) is 9.79. The van der Waals surface area contributed by atoms with Crippen LogP contribution in [0.4, 0.5) is 4.39 Å². The molecule has 0 aliphatic carbocycles. The van der Waals surface area contributed by atoms with Crippen molar-refractivity contribution in [1.29, 1.82) is 0 Å². The lowest BCUT2D eigenvalue weighted by Gasteiger charge is -2.24. The third-order valence-corrected chi connectivity index (χ3v) is 5.88. The molecule has 2 aliphatic heterocycles. The van der Waals surface area contributed by atoms with E-state index >= 15 is 0 Å². The monoisotopic (exact) mass is 400 g/mol. The van der Waals surface area contributed by atoms with Crippen molar-refractivity contribution in [1.82, 2.24) is 4.90 Å². The van der Waals surface area contributed by atoms with E-state index < -0.39 is 17.1 Å². The Bertz CT molecular complexity index is 889. The molecule has 2 aromatic rings. The van der Waals surface area contributed by atoms with Crippen LogP contribution in [-0.2, 0) is 11.2 Å². The average molecular weight is 400 g/mol. The van der Waals surface area contributed by atoms with Crippen molar-refractivity contribution in [2.24, 2.45) is 17.1 Å². The molecule has 2 fully saturated rings. The predicted molar refractivity (Wildman–Crippen MR) is 105 cm³/mol. The minimum atomic E-state index is -0.591. The number of rotatable bonds is 6. The summed E-state index contributed by atoms with van der Waals surface area (Å²) in [6, 6.07) is 11.7. The fourth-order valence-electron chi connectivity index (χ4n) is 4.14. The van der Waals surface area contributed by atoms with Crippen molar-refractivity contribution in [2.75, 3.05) is 39.5 Å². The van der Waals surface area contributed by atoms with Crippen molar-refractivity contribution < 1.29 is 23.8 Å². The molecule has 1 amide bonds. The van der Waals surface area contributed by atoms with Crippen molar-refractivity contribution >= 4 is 5.91 Å². The maximum absolute atomic E-state index is 14.4. The lowest BCUT2D eigenvalue weighted by molar-refractivity contribution is 0.0627. The summed E-state index contributed by atoms with van der Waals surface area (Å²) in [7, 11) is 0. The van der Waals surface area contributed by atoms with Crippen molar-refractivity contribution in [3.63, 3.8) is 0 Å². The normalized spacial score (nSPS) is 23.3. The molecule has 2 aliphatic rings. The number of amides is 1. The van der Waals surface area contributed by atoms with E-state index in [2.05, 4.69) is 0 Å². The zero-order valence-electron chi connectivity index (χ0n) is 16.1. The third kappa shape index (κ3) is 3.85. The van der Waals surface area contributed by atoms with E-state index in [1.807, 2.05) is 24.3 Å². The van der Waals surface area contributed by atoms with Gasteiger partial charge in [-0.05, 0) is 48.9 Å². The Morgan fingerprint density at radius 1 is 1.28 bits per heavy atom. The number of fused-ring (bicyclic) bond motifs is 1. The van der Waals surface area contributed by atoms with E-state index in [0.29, 0.717) is 44.3 Å². The Labute approximate surface area is 169 Å². The number of nitrogens with zero attached hydrogens (tertiary/aromatic N) is 1. The molecule has 6 nitrogen and oxygen atoms in total. The smallest absolute Gasteiger partial charge is 0.256 e. The second-order valence-corrected chi connectivity index (χ2v) is 7.84. The SMILES string of the molecule is NCCc1ccc(Oc2ccc(F)c(C(=O)N3C[C@H]4COC[C@@]4(CO)C3)c2)cc1. The van der Waals surface area contributed by atoms with E-state index in [1.54, 1.807) is 4.90 Å². The van der Waals surface area contributed by atoms with Crippen LogP contribution in [-0.4, -0.2) is 55.4 Å². The lowest BCUT2D eigenvalue weighted by atomic mass is 9.82. The number of aliphatic hydroxyl groups excluding tert-OH is 1. The first-order chi connectivity index (χ1) is 14.0. The Morgan fingerprint density at radius 3 is 2.72 bits per heavy atom. The minimum absolute atomic E-state index is 0.0313. The summed E-state index contributed by atoms with van der Waals surface area (Å²) in [5, 5.41) is 9.79. The Hall–Kier alpha value is -2.48. The average Bonchev–Trinajstić information content (AvgIpc) is 3.28. The zero-order chi connectivity index (χ0) is 20.4. The predicted octanol–water partition coefficient (Wildman–Crippen LogP) is 2.20. The molecule has 2 aromatic carbocycles. The Morgan fingerprint density at radius 2 is 2.03 bits per heavy atom. The fourth-order valence-corrected chi connectivity index (χ4v) is 4.14. The fraction of sp³-hybridized carbons (Fsp3) is 0.409. The maximum atomic E-state index is 14.4. The van der Waals surface area contributed by atoms with E-state index in [4.69, 9.17) is 15.2 Å². The van der Waals surface area contributed by atoms with E-state index in [0.717, 1.165) is 12.0 Å². The van der Waals surface area contributed by atoms with Crippen LogP contribution in [0.2, 0.25) is 0 Å². The maximum Gasteiger partial charge on any atom is 0.256 e. The van der Waals surface area contributed by atoms with Gasteiger partial charge >= 0.3 is 0 Å². The van der Waals surface area contributed by atoms with Gasteiger partial charge in [0, 0.05) is 24.4 Å². The summed E-state index contributed by atoms with van der Waals surface area (Å²) in [4.78, 5) is 14.6.